The molecule has 0 aliphatic rings. The molecule has 0 bridgehead atoms. The summed E-state index contributed by atoms with van der Waals surface area (Å²) in [6.07, 6.45) is 0. The van der Waals surface area contributed by atoms with Gasteiger partial charge in [0.25, 0.3) is 10.1 Å². The van der Waals surface area contributed by atoms with Crippen molar-refractivity contribution < 1.29 is 22.9 Å². The summed E-state index contributed by atoms with van der Waals surface area (Å²) >= 11 is 0. The molecule has 0 atom stereocenters. The highest BCUT2D eigenvalue weighted by Crippen LogP contribution is 2.21. The molecular weight excluding hydrogens is 296 g/mol. The number of hydrogen-bond donors (Lipinski definition) is 4. The molecule has 110 valence electrons. The number of benzene rings is 2. The van der Waals surface area contributed by atoms with Crippen LogP contribution in [-0.2, 0) is 10.1 Å². The Bertz CT molecular complexity index is 774. The fraction of sp³-hybridized carbons (Fsp3) is 0. The molecule has 0 saturated heterocycles. The number of nitrogens with one attached hydrogen (secondary N) is 2. The lowest BCUT2D eigenvalue weighted by molar-refractivity contribution is 0.0697. The maximum absolute atomic E-state index is 11.2. The highest BCUT2D eigenvalue weighted by atomic mass is 32.2. The average Bonchev–Trinajstić information content (AvgIpc) is 2.45. The molecule has 4 N–H and O–H groups in total. The van der Waals surface area contributed by atoms with Crippen molar-refractivity contribution in [1.82, 2.24) is 0 Å². The van der Waals surface area contributed by atoms with Gasteiger partial charge in [0.15, 0.2) is 0 Å². The van der Waals surface area contributed by atoms with Gasteiger partial charge in [0.2, 0.25) is 0 Å². The van der Waals surface area contributed by atoms with Gasteiger partial charge in [0, 0.05) is 0 Å². The Kier molecular flexibility index (Phi) is 4.10. The quantitative estimate of drug-likeness (QED) is 0.493. The number of anilines is 2. The van der Waals surface area contributed by atoms with Crippen LogP contribution in [0.3, 0.4) is 0 Å². The maximum Gasteiger partial charge on any atom is 0.335 e. The van der Waals surface area contributed by atoms with Gasteiger partial charge in [-0.3, -0.25) is 9.98 Å². The van der Waals surface area contributed by atoms with Crippen molar-refractivity contribution in [2.24, 2.45) is 0 Å². The topological polar surface area (TPSA) is 116 Å². The van der Waals surface area contributed by atoms with E-state index >= 15 is 0 Å². The number of aromatic carboxylic acids is 1. The minimum Gasteiger partial charge on any atom is -0.478 e. The molecule has 0 heterocycles. The second kappa shape index (κ2) is 5.81. The normalized spacial score (nSPS) is 10.9. The number of carboxylic acids is 1. The Morgan fingerprint density at radius 1 is 1.00 bits per heavy atom. The molecule has 2 aromatic rings. The third-order valence-electron chi connectivity index (χ3n) is 2.62. The number of hydrazine groups is 1. The summed E-state index contributed by atoms with van der Waals surface area (Å²) < 4.78 is 31.5. The molecule has 8 heteroatoms. The fourth-order valence-electron chi connectivity index (χ4n) is 1.66. The summed E-state index contributed by atoms with van der Waals surface area (Å²) in [4.78, 5) is 10.6. The van der Waals surface area contributed by atoms with Crippen LogP contribution in [0.1, 0.15) is 10.4 Å². The predicted molar refractivity (Wildman–Crippen MR) is 76.9 cm³/mol. The van der Waals surface area contributed by atoms with Gasteiger partial charge in [-0.25, -0.2) is 4.79 Å². The van der Waals surface area contributed by atoms with Gasteiger partial charge in [-0.15, -0.1) is 0 Å². The first-order chi connectivity index (χ1) is 9.88. The molecule has 0 aliphatic heterocycles. The summed E-state index contributed by atoms with van der Waals surface area (Å²) in [5.41, 5.74) is 5.96. The van der Waals surface area contributed by atoms with E-state index in [2.05, 4.69) is 10.9 Å². The Morgan fingerprint density at radius 3 is 2.38 bits per heavy atom. The lowest BCUT2D eigenvalue weighted by atomic mass is 10.2. The summed E-state index contributed by atoms with van der Waals surface area (Å²) in [6, 6.07) is 11.7. The van der Waals surface area contributed by atoms with Crippen molar-refractivity contribution in [2.75, 3.05) is 10.9 Å². The van der Waals surface area contributed by atoms with Crippen LogP contribution in [0.5, 0.6) is 0 Å². The van der Waals surface area contributed by atoms with E-state index in [9.17, 15) is 13.2 Å². The summed E-state index contributed by atoms with van der Waals surface area (Å²) in [6.45, 7) is 0. The van der Waals surface area contributed by atoms with Crippen LogP contribution in [0.15, 0.2) is 53.4 Å². The molecule has 0 amide bonds. The molecule has 0 spiro atoms. The van der Waals surface area contributed by atoms with E-state index in [-0.39, 0.29) is 16.1 Å². The SMILES string of the molecule is O=C(O)c1cccc(NNc2ccccc2S(=O)(=O)O)c1. The van der Waals surface area contributed by atoms with Gasteiger partial charge in [-0.05, 0) is 30.3 Å². The molecule has 0 aliphatic carbocycles. The summed E-state index contributed by atoms with van der Waals surface area (Å²) in [5.74, 6) is -1.07. The lowest BCUT2D eigenvalue weighted by Gasteiger charge is -2.12. The van der Waals surface area contributed by atoms with Gasteiger partial charge < -0.3 is 10.5 Å². The van der Waals surface area contributed by atoms with Crippen LogP contribution in [0.4, 0.5) is 11.4 Å². The zero-order valence-corrected chi connectivity index (χ0v) is 11.5. The molecule has 0 aromatic heterocycles. The standard InChI is InChI=1S/C13H12N2O5S/c16-13(17)9-4-3-5-10(8-9)14-15-11-6-1-2-7-12(11)21(18,19)20/h1-8,14-15H,(H,16,17)(H,18,19,20). The third kappa shape index (κ3) is 3.71. The Balaban J connectivity index is 2.21. The minimum absolute atomic E-state index is 0.0878. The molecule has 2 rings (SSSR count). The van der Waals surface area contributed by atoms with E-state index in [0.717, 1.165) is 0 Å². The number of rotatable bonds is 5. The lowest BCUT2D eigenvalue weighted by Crippen LogP contribution is -2.12. The third-order valence-corrected chi connectivity index (χ3v) is 3.53. The Hall–Kier alpha value is -2.58. The van der Waals surface area contributed by atoms with E-state index in [0.29, 0.717) is 5.69 Å². The van der Waals surface area contributed by atoms with E-state index in [1.807, 2.05) is 0 Å². The zero-order valence-electron chi connectivity index (χ0n) is 10.6. The first-order valence-corrected chi connectivity index (χ1v) is 7.24. The van der Waals surface area contributed by atoms with Gasteiger partial charge in [0.1, 0.15) is 4.90 Å². The Labute approximate surface area is 121 Å². The molecule has 0 saturated carbocycles. The fourth-order valence-corrected chi connectivity index (χ4v) is 2.31. The van der Waals surface area contributed by atoms with Gasteiger partial charge in [0.05, 0.1) is 16.9 Å². The van der Waals surface area contributed by atoms with Gasteiger partial charge in [-0.1, -0.05) is 18.2 Å². The summed E-state index contributed by atoms with van der Waals surface area (Å²) in [5, 5.41) is 8.88. The van der Waals surface area contributed by atoms with Crippen molar-refractivity contribution in [3.63, 3.8) is 0 Å². The van der Waals surface area contributed by atoms with Crippen molar-refractivity contribution in [3.8, 4) is 0 Å². The number of carbonyl (C=O) groups is 1. The molecule has 2 aromatic carbocycles. The second-order valence-electron chi connectivity index (χ2n) is 4.11. The van der Waals surface area contributed by atoms with Crippen LogP contribution in [0.2, 0.25) is 0 Å². The van der Waals surface area contributed by atoms with E-state index < -0.39 is 16.1 Å². The van der Waals surface area contributed by atoms with Crippen molar-refractivity contribution in [2.45, 2.75) is 4.90 Å². The van der Waals surface area contributed by atoms with Crippen LogP contribution in [0.25, 0.3) is 0 Å². The monoisotopic (exact) mass is 308 g/mol. The molecule has 0 fully saturated rings. The molecule has 7 nitrogen and oxygen atoms in total. The molecule has 21 heavy (non-hydrogen) atoms. The molecule has 0 unspecified atom stereocenters. The van der Waals surface area contributed by atoms with E-state index in [1.54, 1.807) is 18.2 Å². The number of carboxylic acid groups (broad SMARTS) is 1. The number of para-hydroxylation sites is 1. The highest BCUT2D eigenvalue weighted by Gasteiger charge is 2.14. The average molecular weight is 308 g/mol. The van der Waals surface area contributed by atoms with Gasteiger partial charge in [-0.2, -0.15) is 8.42 Å². The number of hydrogen-bond acceptors (Lipinski definition) is 5. The highest BCUT2D eigenvalue weighted by molar-refractivity contribution is 7.86. The molecule has 0 radical (unpaired) electrons. The second-order valence-corrected chi connectivity index (χ2v) is 5.50. The van der Waals surface area contributed by atoms with E-state index in [4.69, 9.17) is 9.66 Å². The Morgan fingerprint density at radius 2 is 1.71 bits per heavy atom. The van der Waals surface area contributed by atoms with Crippen molar-refractivity contribution in [1.29, 1.82) is 0 Å². The first-order valence-electron chi connectivity index (χ1n) is 5.80. The first kappa shape index (κ1) is 14.8. The largest absolute Gasteiger partial charge is 0.478 e. The minimum atomic E-state index is -4.36. The predicted octanol–water partition coefficient (Wildman–Crippen LogP) is 2.07. The van der Waals surface area contributed by atoms with Crippen LogP contribution < -0.4 is 10.9 Å². The zero-order chi connectivity index (χ0) is 15.5. The van der Waals surface area contributed by atoms with Gasteiger partial charge >= 0.3 is 5.97 Å². The van der Waals surface area contributed by atoms with Crippen LogP contribution in [0, 0.1) is 0 Å². The smallest absolute Gasteiger partial charge is 0.335 e. The van der Waals surface area contributed by atoms with Crippen LogP contribution >= 0.6 is 0 Å². The molecular formula is C13H12N2O5S. The summed E-state index contributed by atoms with van der Waals surface area (Å²) in [7, 11) is -4.36. The van der Waals surface area contributed by atoms with Crippen LogP contribution in [-0.4, -0.2) is 24.0 Å². The van der Waals surface area contributed by atoms with E-state index in [1.165, 1.54) is 30.3 Å². The maximum atomic E-state index is 11.2. The van der Waals surface area contributed by atoms with Crippen molar-refractivity contribution >= 4 is 27.5 Å². The van der Waals surface area contributed by atoms with Crippen molar-refractivity contribution in [3.05, 3.63) is 54.1 Å².